The summed E-state index contributed by atoms with van der Waals surface area (Å²) in [6.45, 7) is 8.29. The molecule has 3 atom stereocenters. The number of fused-ring (bicyclic) bond motifs is 1. The maximum absolute atomic E-state index is 12.6. The van der Waals surface area contributed by atoms with Gasteiger partial charge in [-0.25, -0.2) is 0 Å². The number of hydrogen-bond donors (Lipinski definition) is 1. The second-order valence-corrected chi connectivity index (χ2v) is 7.70. The van der Waals surface area contributed by atoms with Crippen LogP contribution in [0.3, 0.4) is 0 Å². The highest BCUT2D eigenvalue weighted by Gasteiger charge is 2.42. The van der Waals surface area contributed by atoms with Gasteiger partial charge in [0, 0.05) is 24.7 Å². The second kappa shape index (κ2) is 6.21. The lowest BCUT2D eigenvalue weighted by molar-refractivity contribution is 0.0779. The van der Waals surface area contributed by atoms with Crippen molar-refractivity contribution in [1.29, 1.82) is 0 Å². The van der Waals surface area contributed by atoms with Crippen LogP contribution in [0.15, 0.2) is 24.3 Å². The molecule has 1 saturated heterocycles. The van der Waals surface area contributed by atoms with Gasteiger partial charge in [-0.1, -0.05) is 32.9 Å². The minimum absolute atomic E-state index is 0. The number of benzene rings is 1. The summed E-state index contributed by atoms with van der Waals surface area (Å²) >= 11 is 0. The summed E-state index contributed by atoms with van der Waals surface area (Å²) < 4.78 is 0. The monoisotopic (exact) mass is 322 g/mol. The molecule has 1 saturated carbocycles. The van der Waals surface area contributed by atoms with Crippen LogP contribution < -0.4 is 5.73 Å². The maximum atomic E-state index is 12.6. The molecule has 2 N–H and O–H groups in total. The van der Waals surface area contributed by atoms with Gasteiger partial charge in [-0.05, 0) is 47.8 Å². The van der Waals surface area contributed by atoms with Crippen molar-refractivity contribution in [2.45, 2.75) is 45.1 Å². The van der Waals surface area contributed by atoms with Gasteiger partial charge in [0.15, 0.2) is 0 Å². The molecule has 0 bridgehead atoms. The van der Waals surface area contributed by atoms with Crippen molar-refractivity contribution in [3.8, 4) is 0 Å². The number of nitrogens with zero attached hydrogens (tertiary/aromatic N) is 1. The standard InChI is InChI=1S/C18H26N2O.ClH/c1-18(2,3)14-7-4-12(5-8-14)17(21)20-10-13-6-9-16(19)15(13)11-20;/h4-5,7-8,13,15-16H,6,9-11,19H2,1-3H3;1H. The van der Waals surface area contributed by atoms with Gasteiger partial charge in [0.25, 0.3) is 5.91 Å². The minimum atomic E-state index is 0. The van der Waals surface area contributed by atoms with Crippen LogP contribution >= 0.6 is 12.4 Å². The van der Waals surface area contributed by atoms with Gasteiger partial charge in [0.2, 0.25) is 0 Å². The predicted molar refractivity (Wildman–Crippen MR) is 92.5 cm³/mol. The summed E-state index contributed by atoms with van der Waals surface area (Å²) in [6, 6.07) is 8.38. The van der Waals surface area contributed by atoms with Gasteiger partial charge in [-0.2, -0.15) is 0 Å². The van der Waals surface area contributed by atoms with E-state index in [4.69, 9.17) is 5.73 Å². The fourth-order valence-electron chi connectivity index (χ4n) is 3.77. The lowest BCUT2D eigenvalue weighted by Gasteiger charge is -2.21. The quantitative estimate of drug-likeness (QED) is 0.863. The van der Waals surface area contributed by atoms with Crippen LogP contribution in [0.4, 0.5) is 0 Å². The molecule has 2 fully saturated rings. The molecule has 3 unspecified atom stereocenters. The van der Waals surface area contributed by atoms with Crippen LogP contribution in [0.25, 0.3) is 0 Å². The third-order valence-corrected chi connectivity index (χ3v) is 5.20. The van der Waals surface area contributed by atoms with Crippen molar-refractivity contribution in [2.75, 3.05) is 13.1 Å². The Morgan fingerprint density at radius 1 is 1.14 bits per heavy atom. The van der Waals surface area contributed by atoms with Gasteiger partial charge < -0.3 is 10.6 Å². The smallest absolute Gasteiger partial charge is 0.253 e. The molecule has 22 heavy (non-hydrogen) atoms. The summed E-state index contributed by atoms with van der Waals surface area (Å²) in [4.78, 5) is 14.6. The third kappa shape index (κ3) is 3.16. The number of hydrogen-bond acceptors (Lipinski definition) is 2. The van der Waals surface area contributed by atoms with E-state index in [9.17, 15) is 4.79 Å². The van der Waals surface area contributed by atoms with Crippen molar-refractivity contribution in [3.63, 3.8) is 0 Å². The molecule has 4 heteroatoms. The average molecular weight is 323 g/mol. The highest BCUT2D eigenvalue weighted by molar-refractivity contribution is 5.94. The first-order valence-electron chi connectivity index (χ1n) is 8.01. The Labute approximate surface area is 139 Å². The van der Waals surface area contributed by atoms with Gasteiger partial charge in [0.05, 0.1) is 0 Å². The van der Waals surface area contributed by atoms with Crippen molar-refractivity contribution in [1.82, 2.24) is 4.90 Å². The van der Waals surface area contributed by atoms with Crippen molar-refractivity contribution in [2.24, 2.45) is 17.6 Å². The van der Waals surface area contributed by atoms with E-state index in [2.05, 4.69) is 32.9 Å². The highest BCUT2D eigenvalue weighted by atomic mass is 35.5. The summed E-state index contributed by atoms with van der Waals surface area (Å²) in [5.41, 5.74) is 8.34. The SMILES string of the molecule is CC(C)(C)c1ccc(C(=O)N2CC3CCC(N)C3C2)cc1.Cl. The second-order valence-electron chi connectivity index (χ2n) is 7.70. The van der Waals surface area contributed by atoms with E-state index in [0.29, 0.717) is 11.8 Å². The molecule has 3 rings (SSSR count). The molecule has 3 nitrogen and oxygen atoms in total. The van der Waals surface area contributed by atoms with E-state index in [1.807, 2.05) is 17.0 Å². The number of carbonyl (C=O) groups excluding carboxylic acids is 1. The van der Waals surface area contributed by atoms with E-state index in [1.165, 1.54) is 12.0 Å². The topological polar surface area (TPSA) is 46.3 Å². The largest absolute Gasteiger partial charge is 0.338 e. The van der Waals surface area contributed by atoms with E-state index in [1.54, 1.807) is 0 Å². The van der Waals surface area contributed by atoms with Crippen LogP contribution in [0, 0.1) is 11.8 Å². The first kappa shape index (κ1) is 17.3. The molecule has 2 aliphatic rings. The number of halogens is 1. The predicted octanol–water partition coefficient (Wildman–Crippen LogP) is 3.22. The Balaban J connectivity index is 0.00000176. The normalized spacial score (nSPS) is 27.5. The number of carbonyl (C=O) groups is 1. The molecular weight excluding hydrogens is 296 g/mol. The lowest BCUT2D eigenvalue weighted by atomic mass is 9.86. The molecule has 0 aromatic heterocycles. The molecule has 1 heterocycles. The third-order valence-electron chi connectivity index (χ3n) is 5.20. The highest BCUT2D eigenvalue weighted by Crippen LogP contribution is 2.37. The molecule has 1 aliphatic carbocycles. The summed E-state index contributed by atoms with van der Waals surface area (Å²) in [6.07, 6.45) is 2.30. The van der Waals surface area contributed by atoms with Gasteiger partial charge in [0.1, 0.15) is 0 Å². The number of amides is 1. The summed E-state index contributed by atoms with van der Waals surface area (Å²) in [5.74, 6) is 1.30. The molecule has 1 aromatic carbocycles. The number of likely N-dealkylation sites (tertiary alicyclic amines) is 1. The van der Waals surface area contributed by atoms with Gasteiger partial charge in [-0.15, -0.1) is 12.4 Å². The number of rotatable bonds is 1. The first-order valence-corrected chi connectivity index (χ1v) is 8.01. The fourth-order valence-corrected chi connectivity index (χ4v) is 3.77. The summed E-state index contributed by atoms with van der Waals surface area (Å²) in [5, 5.41) is 0. The lowest BCUT2D eigenvalue weighted by Crippen LogP contribution is -2.33. The van der Waals surface area contributed by atoms with Crippen LogP contribution in [0.2, 0.25) is 0 Å². The zero-order valence-corrected chi connectivity index (χ0v) is 14.5. The zero-order chi connectivity index (χ0) is 15.2. The van der Waals surface area contributed by atoms with Gasteiger partial charge >= 0.3 is 0 Å². The Hall–Kier alpha value is -1.06. The Bertz CT molecular complexity index is 535. The number of nitrogens with two attached hydrogens (primary N) is 1. The Morgan fingerprint density at radius 2 is 1.77 bits per heavy atom. The summed E-state index contributed by atoms with van der Waals surface area (Å²) in [7, 11) is 0. The minimum Gasteiger partial charge on any atom is -0.338 e. The maximum Gasteiger partial charge on any atom is 0.253 e. The van der Waals surface area contributed by atoms with Crippen LogP contribution in [0.1, 0.15) is 49.5 Å². The molecule has 1 aromatic rings. The van der Waals surface area contributed by atoms with Crippen LogP contribution in [-0.4, -0.2) is 29.9 Å². The molecule has 0 spiro atoms. The van der Waals surface area contributed by atoms with E-state index >= 15 is 0 Å². The van der Waals surface area contributed by atoms with E-state index in [0.717, 1.165) is 25.1 Å². The molecule has 122 valence electrons. The molecule has 1 amide bonds. The van der Waals surface area contributed by atoms with E-state index < -0.39 is 0 Å². The van der Waals surface area contributed by atoms with Crippen molar-refractivity contribution in [3.05, 3.63) is 35.4 Å². The van der Waals surface area contributed by atoms with Crippen LogP contribution in [-0.2, 0) is 5.41 Å². The zero-order valence-electron chi connectivity index (χ0n) is 13.7. The molecule has 1 aliphatic heterocycles. The van der Waals surface area contributed by atoms with E-state index in [-0.39, 0.29) is 29.8 Å². The first-order chi connectivity index (χ1) is 9.86. The average Bonchev–Trinajstić information content (AvgIpc) is 3.00. The van der Waals surface area contributed by atoms with Crippen LogP contribution in [0.5, 0.6) is 0 Å². The van der Waals surface area contributed by atoms with Gasteiger partial charge in [-0.3, -0.25) is 4.79 Å². The van der Waals surface area contributed by atoms with Crippen molar-refractivity contribution >= 4 is 18.3 Å². The molecular formula is C18H27ClN2O. The fraction of sp³-hybridized carbons (Fsp3) is 0.611. The van der Waals surface area contributed by atoms with Crippen molar-refractivity contribution < 1.29 is 4.79 Å². The Morgan fingerprint density at radius 3 is 2.32 bits per heavy atom. The molecule has 0 radical (unpaired) electrons. The Kier molecular flexibility index (Phi) is 4.88.